The number of carboxylic acid groups (broad SMARTS) is 3. The predicted molar refractivity (Wildman–Crippen MR) is 296 cm³/mol. The summed E-state index contributed by atoms with van der Waals surface area (Å²) in [5, 5.41) is 82.2. The summed E-state index contributed by atoms with van der Waals surface area (Å²) >= 11 is 0. The summed E-state index contributed by atoms with van der Waals surface area (Å²) in [6.45, 7) is 3.80. The van der Waals surface area contributed by atoms with Crippen molar-refractivity contribution in [3.8, 4) is 0 Å². The molecule has 0 aromatic heterocycles. The first-order valence-electron chi connectivity index (χ1n) is 26.8. The predicted octanol–water partition coefficient (Wildman–Crippen LogP) is -9.94. The third-order valence-corrected chi connectivity index (χ3v) is 12.4. The number of aliphatic hydroxyl groups excluding tert-OH is 3. The fourth-order valence-electron chi connectivity index (χ4n) is 7.71. The second kappa shape index (κ2) is 37.5. The average molecular weight is 1250 g/mol. The van der Waals surface area contributed by atoms with Gasteiger partial charge in [0.05, 0.1) is 38.6 Å². The first-order valence-corrected chi connectivity index (χ1v) is 26.8. The molecule has 1 aromatic carbocycles. The van der Waals surface area contributed by atoms with Crippen molar-refractivity contribution in [3.63, 3.8) is 0 Å². The van der Waals surface area contributed by atoms with Crippen molar-refractivity contribution in [2.75, 3.05) is 13.2 Å². The van der Waals surface area contributed by atoms with E-state index in [9.17, 15) is 112 Å². The van der Waals surface area contributed by atoms with Crippen LogP contribution in [0.15, 0.2) is 30.3 Å². The van der Waals surface area contributed by atoms with Crippen LogP contribution in [0.4, 0.5) is 0 Å². The Morgan fingerprint density at radius 2 is 0.784 bits per heavy atom. The van der Waals surface area contributed by atoms with Crippen molar-refractivity contribution in [3.05, 3.63) is 35.9 Å². The van der Waals surface area contributed by atoms with Gasteiger partial charge in [-0.1, -0.05) is 44.2 Å². The lowest BCUT2D eigenvalue weighted by molar-refractivity contribution is -0.142. The molecule has 0 saturated heterocycles. The van der Waals surface area contributed by atoms with E-state index in [-0.39, 0.29) is 6.42 Å². The van der Waals surface area contributed by atoms with Gasteiger partial charge in [-0.15, -0.1) is 0 Å². The molecule has 0 radical (unpaired) electrons. The van der Waals surface area contributed by atoms with E-state index in [0.717, 1.165) is 20.8 Å². The molecular weight excluding hydrogens is 1180 g/mol. The Kier molecular flexibility index (Phi) is 32.4. The van der Waals surface area contributed by atoms with Crippen LogP contribution in [-0.2, 0) is 87.9 Å². The van der Waals surface area contributed by atoms with Crippen LogP contribution < -0.4 is 75.7 Å². The number of primary amides is 3. The standard InChI is InChI=1S/C51H76N14O23/c1-21(2)39(50(87)63-33(20-67)49(86)59-28(41(54)78)15-25-9-7-6-8-10-25)64-51(88)40(23(4)68)65-47(84)29(16-35(53)71)60-46(83)31(18-38(76)77)62-44(81)27(12-14-36(72)73)57-42(79)22(3)55-45(82)30(17-37(74)75)61-43(80)26(11-13-34(52)70)58-48(85)32(19-66)56-24(5)69/h6-10,21-23,26-33,39-40,66-68H,11-20H2,1-5H3,(H2,52,70)(H2,53,71)(H2,54,78)(H,55,82)(H,56,69)(H,57,79)(H,58,85)(H,59,86)(H,60,83)(H,61,80)(H,62,81)(H,63,87)(H,64,88)(H,65,84)(H,72,73)(H,74,75)(H,76,77)/t22-,23+,26-,27-,28-,29-,30-,31-,32-,33-,39-,40-/m0/s1. The molecule has 14 amide bonds. The number of carbonyl (C=O) groups excluding carboxylic acids is 14. The van der Waals surface area contributed by atoms with Gasteiger partial charge in [-0.3, -0.25) is 81.5 Å². The number of hydrogen-bond donors (Lipinski definition) is 20. The molecule has 0 bridgehead atoms. The first-order chi connectivity index (χ1) is 41.0. The van der Waals surface area contributed by atoms with Gasteiger partial charge < -0.3 is 106 Å². The highest BCUT2D eigenvalue weighted by molar-refractivity contribution is 6.01. The third kappa shape index (κ3) is 27.9. The minimum atomic E-state index is -2.26. The third-order valence-electron chi connectivity index (χ3n) is 12.4. The molecule has 0 saturated carbocycles. The van der Waals surface area contributed by atoms with E-state index in [1.807, 2.05) is 16.0 Å². The molecule has 0 spiro atoms. The Bertz CT molecular complexity index is 2730. The van der Waals surface area contributed by atoms with Gasteiger partial charge in [0.15, 0.2) is 0 Å². The number of hydrogen-bond acceptors (Lipinski definition) is 20. The van der Waals surface area contributed by atoms with Crippen molar-refractivity contribution in [1.29, 1.82) is 0 Å². The Labute approximate surface area is 500 Å². The molecule has 37 nitrogen and oxygen atoms in total. The van der Waals surface area contributed by atoms with Crippen molar-refractivity contribution >= 4 is 101 Å². The van der Waals surface area contributed by atoms with E-state index >= 15 is 0 Å². The molecule has 0 fully saturated rings. The fraction of sp³-hybridized carbons (Fsp3) is 0.549. The molecule has 1 rings (SSSR count). The number of carbonyl (C=O) groups is 17. The van der Waals surface area contributed by atoms with Gasteiger partial charge in [-0.05, 0) is 38.2 Å². The lowest BCUT2D eigenvalue weighted by Crippen LogP contribution is -2.63. The van der Waals surface area contributed by atoms with Gasteiger partial charge in [0.1, 0.15) is 66.5 Å². The van der Waals surface area contributed by atoms with E-state index in [4.69, 9.17) is 17.2 Å². The van der Waals surface area contributed by atoms with E-state index in [1.54, 1.807) is 30.3 Å². The smallest absolute Gasteiger partial charge is 0.305 e. The maximum absolute atomic E-state index is 13.8. The maximum Gasteiger partial charge on any atom is 0.305 e. The van der Waals surface area contributed by atoms with Crippen LogP contribution in [0.25, 0.3) is 0 Å². The Balaban J connectivity index is 3.39. The van der Waals surface area contributed by atoms with Gasteiger partial charge in [-0.2, -0.15) is 0 Å². The molecule has 0 aliphatic heterocycles. The van der Waals surface area contributed by atoms with E-state index in [2.05, 4.69) is 42.5 Å². The molecule has 37 heteroatoms. The summed E-state index contributed by atoms with van der Waals surface area (Å²) in [5.41, 5.74) is 16.6. The lowest BCUT2D eigenvalue weighted by Gasteiger charge is -2.29. The van der Waals surface area contributed by atoms with Gasteiger partial charge in [0, 0.05) is 26.2 Å². The zero-order chi connectivity index (χ0) is 67.3. The highest BCUT2D eigenvalue weighted by Crippen LogP contribution is 2.10. The summed E-state index contributed by atoms with van der Waals surface area (Å²) in [6, 6.07) is -12.0. The Morgan fingerprint density at radius 1 is 0.409 bits per heavy atom. The second-order valence-corrected chi connectivity index (χ2v) is 20.1. The van der Waals surface area contributed by atoms with Crippen molar-refractivity contribution < 1.29 is 112 Å². The van der Waals surface area contributed by atoms with Crippen molar-refractivity contribution in [2.24, 2.45) is 23.1 Å². The number of nitrogens with two attached hydrogens (primary N) is 3. The zero-order valence-corrected chi connectivity index (χ0v) is 48.3. The first kappa shape index (κ1) is 76.1. The number of aliphatic carboxylic acids is 3. The average Bonchev–Trinajstić information content (AvgIpc) is 1.68. The number of aliphatic hydroxyl groups is 3. The molecule has 488 valence electrons. The SMILES string of the molecule is CC(=O)N[C@@H](CO)C(=O)N[C@@H](CCC(N)=O)C(=O)N[C@@H](CC(=O)O)C(=O)N[C@@H](C)C(=O)N[C@@H](CCC(=O)O)C(=O)N[C@@H](CC(=O)O)C(=O)N[C@@H](CC(N)=O)C(=O)N[C@H](C(=O)N[C@H](C(=O)N[C@@H](CO)C(=O)N[C@@H](Cc1ccccc1)C(N)=O)C(C)C)[C@@H](C)O. The Hall–Kier alpha value is -9.91. The number of nitrogens with one attached hydrogen (secondary N) is 11. The molecule has 12 atom stereocenters. The monoisotopic (exact) mass is 1250 g/mol. The van der Waals surface area contributed by atoms with E-state index in [1.165, 1.54) is 13.8 Å². The second-order valence-electron chi connectivity index (χ2n) is 20.1. The molecule has 0 aliphatic rings. The quantitative estimate of drug-likeness (QED) is 0.0290. The van der Waals surface area contributed by atoms with Crippen LogP contribution in [0.5, 0.6) is 0 Å². The van der Waals surface area contributed by atoms with Crippen LogP contribution in [0, 0.1) is 5.92 Å². The molecule has 0 aliphatic carbocycles. The van der Waals surface area contributed by atoms with Gasteiger partial charge in [0.2, 0.25) is 82.7 Å². The topological polar surface area (TPSA) is 622 Å². The van der Waals surface area contributed by atoms with Gasteiger partial charge in [-0.25, -0.2) is 0 Å². The number of rotatable bonds is 40. The van der Waals surface area contributed by atoms with Crippen LogP contribution in [0.1, 0.15) is 85.1 Å². The Morgan fingerprint density at radius 3 is 1.20 bits per heavy atom. The molecule has 88 heavy (non-hydrogen) atoms. The molecule has 0 heterocycles. The zero-order valence-electron chi connectivity index (χ0n) is 48.3. The highest BCUT2D eigenvalue weighted by atomic mass is 16.4. The molecular formula is C51H76N14O23. The summed E-state index contributed by atoms with van der Waals surface area (Å²) in [5.74, 6) is -23.1. The molecule has 1 aromatic rings. The largest absolute Gasteiger partial charge is 0.481 e. The summed E-state index contributed by atoms with van der Waals surface area (Å²) in [7, 11) is 0. The minimum absolute atomic E-state index is 0.0622. The van der Waals surface area contributed by atoms with Crippen molar-refractivity contribution in [1.82, 2.24) is 58.5 Å². The number of amides is 14. The van der Waals surface area contributed by atoms with E-state index < -0.39 is 237 Å². The summed E-state index contributed by atoms with van der Waals surface area (Å²) in [6.07, 6.45) is -8.39. The van der Waals surface area contributed by atoms with E-state index in [0.29, 0.717) is 5.56 Å². The molecule has 0 unspecified atom stereocenters. The summed E-state index contributed by atoms with van der Waals surface area (Å²) in [4.78, 5) is 218. The van der Waals surface area contributed by atoms with Crippen LogP contribution >= 0.6 is 0 Å². The highest BCUT2D eigenvalue weighted by Gasteiger charge is 2.38. The van der Waals surface area contributed by atoms with Crippen LogP contribution in [-0.4, -0.2) is 217 Å². The normalized spacial score (nSPS) is 15.0. The van der Waals surface area contributed by atoms with Gasteiger partial charge in [0.25, 0.3) is 0 Å². The summed E-state index contributed by atoms with van der Waals surface area (Å²) < 4.78 is 0. The van der Waals surface area contributed by atoms with Crippen LogP contribution in [0.3, 0.4) is 0 Å². The fourth-order valence-corrected chi connectivity index (χ4v) is 7.71. The maximum atomic E-state index is 13.8. The van der Waals surface area contributed by atoms with Crippen LogP contribution in [0.2, 0.25) is 0 Å². The number of carboxylic acids is 3. The minimum Gasteiger partial charge on any atom is -0.481 e. The van der Waals surface area contributed by atoms with Crippen molar-refractivity contribution in [2.45, 2.75) is 159 Å². The van der Waals surface area contributed by atoms with Gasteiger partial charge >= 0.3 is 17.9 Å². The molecule has 23 N–H and O–H groups in total. The number of benzene rings is 1. The lowest BCUT2D eigenvalue weighted by atomic mass is 10.0.